The van der Waals surface area contributed by atoms with Crippen LogP contribution < -0.4 is 4.74 Å². The van der Waals surface area contributed by atoms with Crippen LogP contribution in [0.5, 0.6) is 5.75 Å². The normalized spacial score (nSPS) is 21.2. The Hall–Kier alpha value is -1.51. The lowest BCUT2D eigenvalue weighted by Crippen LogP contribution is -2.35. The number of carboxylic acid groups (broad SMARTS) is 1. The maximum atomic E-state index is 11.0. The summed E-state index contributed by atoms with van der Waals surface area (Å²) in [4.78, 5) is 11.0. The van der Waals surface area contributed by atoms with Crippen LogP contribution in [-0.4, -0.2) is 18.2 Å². The van der Waals surface area contributed by atoms with E-state index in [1.165, 1.54) is 11.1 Å². The Balaban J connectivity index is 2.42. The SMILES string of the molecule is COc1cccc2c1CCC(CC(=O)O)C2(C)C. The third-order valence-electron chi connectivity index (χ3n) is 4.23. The summed E-state index contributed by atoms with van der Waals surface area (Å²) in [5, 5.41) is 9.02. The van der Waals surface area contributed by atoms with Gasteiger partial charge in [0, 0.05) is 6.42 Å². The zero-order valence-corrected chi connectivity index (χ0v) is 11.2. The molecule has 0 spiro atoms. The predicted molar refractivity (Wildman–Crippen MR) is 70.1 cm³/mol. The number of hydrogen-bond donors (Lipinski definition) is 1. The summed E-state index contributed by atoms with van der Waals surface area (Å²) in [7, 11) is 1.69. The van der Waals surface area contributed by atoms with Crippen LogP contribution >= 0.6 is 0 Å². The molecule has 1 aromatic rings. The van der Waals surface area contributed by atoms with Crippen molar-refractivity contribution in [3.63, 3.8) is 0 Å². The lowest BCUT2D eigenvalue weighted by molar-refractivity contribution is -0.138. The van der Waals surface area contributed by atoms with Crippen molar-refractivity contribution in [3.05, 3.63) is 29.3 Å². The van der Waals surface area contributed by atoms with Crippen LogP contribution in [0.3, 0.4) is 0 Å². The van der Waals surface area contributed by atoms with Crippen LogP contribution in [-0.2, 0) is 16.6 Å². The van der Waals surface area contributed by atoms with Gasteiger partial charge in [0.2, 0.25) is 0 Å². The molecule has 0 aliphatic heterocycles. The molecule has 18 heavy (non-hydrogen) atoms. The molecule has 1 atom stereocenters. The maximum Gasteiger partial charge on any atom is 0.303 e. The highest BCUT2D eigenvalue weighted by molar-refractivity contribution is 5.67. The van der Waals surface area contributed by atoms with E-state index in [0.29, 0.717) is 0 Å². The van der Waals surface area contributed by atoms with Crippen molar-refractivity contribution in [2.24, 2.45) is 5.92 Å². The van der Waals surface area contributed by atoms with E-state index in [9.17, 15) is 4.79 Å². The monoisotopic (exact) mass is 248 g/mol. The molecule has 1 aliphatic rings. The molecule has 2 rings (SSSR count). The van der Waals surface area contributed by atoms with Crippen LogP contribution in [0.2, 0.25) is 0 Å². The van der Waals surface area contributed by atoms with Gasteiger partial charge in [0.15, 0.2) is 0 Å². The fourth-order valence-corrected chi connectivity index (χ4v) is 3.09. The molecule has 0 radical (unpaired) electrons. The lowest BCUT2D eigenvalue weighted by atomic mass is 9.64. The fourth-order valence-electron chi connectivity index (χ4n) is 3.09. The van der Waals surface area contributed by atoms with Gasteiger partial charge >= 0.3 is 5.97 Å². The second-order valence-corrected chi connectivity index (χ2v) is 5.54. The summed E-state index contributed by atoms with van der Waals surface area (Å²) in [5.74, 6) is 0.406. The molecule has 1 N–H and O–H groups in total. The van der Waals surface area contributed by atoms with E-state index in [4.69, 9.17) is 9.84 Å². The predicted octanol–water partition coefficient (Wildman–Crippen LogP) is 3.01. The van der Waals surface area contributed by atoms with E-state index in [1.807, 2.05) is 12.1 Å². The van der Waals surface area contributed by atoms with E-state index in [1.54, 1.807) is 7.11 Å². The third-order valence-corrected chi connectivity index (χ3v) is 4.23. The highest BCUT2D eigenvalue weighted by Crippen LogP contribution is 2.45. The zero-order chi connectivity index (χ0) is 13.3. The molecule has 1 aliphatic carbocycles. The highest BCUT2D eigenvalue weighted by Gasteiger charge is 2.38. The van der Waals surface area contributed by atoms with Crippen LogP contribution in [0.15, 0.2) is 18.2 Å². The molecule has 0 saturated heterocycles. The summed E-state index contributed by atoms with van der Waals surface area (Å²) in [6, 6.07) is 6.07. The van der Waals surface area contributed by atoms with Gasteiger partial charge in [-0.1, -0.05) is 26.0 Å². The van der Waals surface area contributed by atoms with Crippen molar-refractivity contribution in [3.8, 4) is 5.75 Å². The Labute approximate surface area is 108 Å². The molecular weight excluding hydrogens is 228 g/mol. The number of rotatable bonds is 3. The van der Waals surface area contributed by atoms with Crippen LogP contribution in [0.25, 0.3) is 0 Å². The second kappa shape index (κ2) is 4.63. The van der Waals surface area contributed by atoms with Gasteiger partial charge in [-0.2, -0.15) is 0 Å². The molecule has 0 bridgehead atoms. The number of methoxy groups -OCH3 is 1. The van der Waals surface area contributed by atoms with Crippen LogP contribution in [0, 0.1) is 5.92 Å². The van der Waals surface area contributed by atoms with Gasteiger partial charge < -0.3 is 9.84 Å². The van der Waals surface area contributed by atoms with E-state index in [0.717, 1.165) is 18.6 Å². The molecule has 3 nitrogen and oxygen atoms in total. The molecule has 0 amide bonds. The summed E-state index contributed by atoms with van der Waals surface area (Å²) in [6.45, 7) is 4.27. The van der Waals surface area contributed by atoms with Gasteiger partial charge in [-0.15, -0.1) is 0 Å². The molecule has 1 unspecified atom stereocenters. The standard InChI is InChI=1S/C15H20O3/c1-15(2)10(9-14(16)17)7-8-11-12(15)5-4-6-13(11)18-3/h4-6,10H,7-9H2,1-3H3,(H,16,17). The van der Waals surface area contributed by atoms with Crippen LogP contribution in [0.1, 0.15) is 37.8 Å². The average molecular weight is 248 g/mol. The summed E-state index contributed by atoms with van der Waals surface area (Å²) < 4.78 is 5.41. The van der Waals surface area contributed by atoms with E-state index >= 15 is 0 Å². The topological polar surface area (TPSA) is 46.5 Å². The highest BCUT2D eigenvalue weighted by atomic mass is 16.5. The first-order valence-corrected chi connectivity index (χ1v) is 6.35. The molecule has 98 valence electrons. The van der Waals surface area contributed by atoms with Gasteiger partial charge in [0.25, 0.3) is 0 Å². The van der Waals surface area contributed by atoms with Crippen molar-refractivity contribution in [2.45, 2.75) is 38.5 Å². The number of carboxylic acids is 1. The number of benzene rings is 1. The van der Waals surface area contributed by atoms with E-state index in [-0.39, 0.29) is 17.8 Å². The zero-order valence-electron chi connectivity index (χ0n) is 11.2. The Morgan fingerprint density at radius 3 is 2.83 bits per heavy atom. The Bertz CT molecular complexity index is 463. The fraction of sp³-hybridized carbons (Fsp3) is 0.533. The van der Waals surface area contributed by atoms with Crippen molar-refractivity contribution in [1.29, 1.82) is 0 Å². The number of hydrogen-bond acceptors (Lipinski definition) is 2. The molecule has 3 heteroatoms. The maximum absolute atomic E-state index is 11.0. The van der Waals surface area contributed by atoms with Gasteiger partial charge in [0.1, 0.15) is 5.75 Å². The Morgan fingerprint density at radius 1 is 1.50 bits per heavy atom. The Kier molecular flexibility index (Phi) is 3.33. The molecule has 1 aromatic carbocycles. The minimum Gasteiger partial charge on any atom is -0.496 e. The third kappa shape index (κ3) is 2.09. The first-order chi connectivity index (χ1) is 8.46. The van der Waals surface area contributed by atoms with E-state index < -0.39 is 5.97 Å². The molecular formula is C15H20O3. The average Bonchev–Trinajstić information content (AvgIpc) is 2.32. The number of ether oxygens (including phenoxy) is 1. The summed E-state index contributed by atoms with van der Waals surface area (Å²) in [5.41, 5.74) is 2.37. The smallest absolute Gasteiger partial charge is 0.303 e. The lowest BCUT2D eigenvalue weighted by Gasteiger charge is -2.40. The van der Waals surface area contributed by atoms with Gasteiger partial charge in [0.05, 0.1) is 7.11 Å². The minimum atomic E-state index is -0.709. The Morgan fingerprint density at radius 2 is 2.22 bits per heavy atom. The molecule has 0 heterocycles. The number of carbonyl (C=O) groups is 1. The number of fused-ring (bicyclic) bond motifs is 1. The van der Waals surface area contributed by atoms with E-state index in [2.05, 4.69) is 19.9 Å². The minimum absolute atomic E-state index is 0.111. The summed E-state index contributed by atoms with van der Waals surface area (Å²) in [6.07, 6.45) is 2.05. The quantitative estimate of drug-likeness (QED) is 0.894. The summed E-state index contributed by atoms with van der Waals surface area (Å²) >= 11 is 0. The van der Waals surface area contributed by atoms with Crippen molar-refractivity contribution in [2.75, 3.05) is 7.11 Å². The first kappa shape index (κ1) is 12.9. The van der Waals surface area contributed by atoms with Gasteiger partial charge in [-0.3, -0.25) is 4.79 Å². The van der Waals surface area contributed by atoms with Crippen LogP contribution in [0.4, 0.5) is 0 Å². The van der Waals surface area contributed by atoms with Crippen molar-refractivity contribution in [1.82, 2.24) is 0 Å². The van der Waals surface area contributed by atoms with Gasteiger partial charge in [-0.05, 0) is 41.4 Å². The molecule has 0 aromatic heterocycles. The van der Waals surface area contributed by atoms with Gasteiger partial charge in [-0.25, -0.2) is 0 Å². The second-order valence-electron chi connectivity index (χ2n) is 5.54. The number of aliphatic carboxylic acids is 1. The molecule has 0 saturated carbocycles. The first-order valence-electron chi connectivity index (χ1n) is 6.35. The van der Waals surface area contributed by atoms with Crippen molar-refractivity contribution < 1.29 is 14.6 Å². The molecule has 0 fully saturated rings. The van der Waals surface area contributed by atoms with Crippen molar-refractivity contribution >= 4 is 5.97 Å². The largest absolute Gasteiger partial charge is 0.496 e.